The number of aryl methyl sites for hydroxylation is 1. The Morgan fingerprint density at radius 1 is 1.25 bits per heavy atom. The maximum atomic E-state index is 5.48. The van der Waals surface area contributed by atoms with Gasteiger partial charge in [-0.2, -0.15) is 0 Å². The molecule has 0 radical (unpaired) electrons. The average molecular weight is 236 g/mol. The zero-order valence-electron chi connectivity index (χ0n) is 9.86. The lowest BCUT2D eigenvalue weighted by molar-refractivity contribution is 0.369. The summed E-state index contributed by atoms with van der Waals surface area (Å²) in [7, 11) is 2.06. The second-order valence-electron chi connectivity index (χ2n) is 4.15. The third kappa shape index (κ3) is 5.83. The van der Waals surface area contributed by atoms with Gasteiger partial charge < -0.3 is 5.73 Å². The lowest BCUT2D eigenvalue weighted by Gasteiger charge is -2.15. The summed E-state index contributed by atoms with van der Waals surface area (Å²) in [6.45, 7) is 1.78. The number of nitrogens with zero attached hydrogens (tertiary/aromatic N) is 1. The molecule has 3 heteroatoms. The van der Waals surface area contributed by atoms with Crippen LogP contribution in [0, 0.1) is 0 Å². The summed E-state index contributed by atoms with van der Waals surface area (Å²) >= 11 is 4.86. The number of likely N-dealkylation sites (N-methyl/N-ethyl adjacent to an activating group) is 1. The minimum Gasteiger partial charge on any atom is -0.392 e. The fourth-order valence-electron chi connectivity index (χ4n) is 1.70. The van der Waals surface area contributed by atoms with Gasteiger partial charge in [0.25, 0.3) is 0 Å². The Bertz CT molecular complexity index is 311. The molecule has 0 amide bonds. The molecule has 0 spiro atoms. The molecule has 1 aromatic carbocycles. The topological polar surface area (TPSA) is 29.3 Å². The standard InChI is InChI=1S/C13H20N2S/c1-15(11-13(14)16)10-6-5-9-12-7-3-2-4-8-12/h2-4,7-8H,5-6,9-11H2,1H3,(H2,14,16). The molecule has 0 atom stereocenters. The Morgan fingerprint density at radius 3 is 2.56 bits per heavy atom. The van der Waals surface area contributed by atoms with E-state index in [-0.39, 0.29) is 0 Å². The zero-order valence-corrected chi connectivity index (χ0v) is 10.7. The zero-order chi connectivity index (χ0) is 11.8. The molecule has 1 rings (SSSR count). The van der Waals surface area contributed by atoms with Crippen LogP contribution in [0.2, 0.25) is 0 Å². The molecular formula is C13H20N2S. The van der Waals surface area contributed by atoms with Crippen LogP contribution in [0.1, 0.15) is 18.4 Å². The molecule has 88 valence electrons. The predicted octanol–water partition coefficient (Wildman–Crippen LogP) is 2.23. The minimum atomic E-state index is 0.575. The van der Waals surface area contributed by atoms with Crippen LogP contribution in [0.3, 0.4) is 0 Å². The Labute approximate surface area is 103 Å². The van der Waals surface area contributed by atoms with Crippen molar-refractivity contribution in [2.75, 3.05) is 20.1 Å². The molecule has 0 aromatic heterocycles. The molecule has 0 aliphatic heterocycles. The monoisotopic (exact) mass is 236 g/mol. The van der Waals surface area contributed by atoms with Gasteiger partial charge in [0.05, 0.1) is 4.99 Å². The first kappa shape index (κ1) is 13.1. The first-order chi connectivity index (χ1) is 7.68. The van der Waals surface area contributed by atoms with E-state index in [1.54, 1.807) is 0 Å². The molecule has 0 fully saturated rings. The smallest absolute Gasteiger partial charge is 0.0869 e. The number of benzene rings is 1. The van der Waals surface area contributed by atoms with E-state index in [4.69, 9.17) is 18.0 Å². The van der Waals surface area contributed by atoms with Crippen molar-refractivity contribution < 1.29 is 0 Å². The molecule has 2 N–H and O–H groups in total. The van der Waals surface area contributed by atoms with Crippen molar-refractivity contribution in [3.05, 3.63) is 35.9 Å². The summed E-state index contributed by atoms with van der Waals surface area (Å²) in [6, 6.07) is 10.6. The van der Waals surface area contributed by atoms with Crippen molar-refractivity contribution in [3.63, 3.8) is 0 Å². The van der Waals surface area contributed by atoms with E-state index in [1.165, 1.54) is 18.4 Å². The summed E-state index contributed by atoms with van der Waals surface area (Å²) in [4.78, 5) is 2.75. The molecule has 0 bridgehead atoms. The van der Waals surface area contributed by atoms with Crippen LogP contribution in [0.15, 0.2) is 30.3 Å². The minimum absolute atomic E-state index is 0.575. The highest BCUT2D eigenvalue weighted by atomic mass is 32.1. The van der Waals surface area contributed by atoms with E-state index in [1.807, 2.05) is 0 Å². The fraction of sp³-hybridized carbons (Fsp3) is 0.462. The van der Waals surface area contributed by atoms with Gasteiger partial charge in [0.2, 0.25) is 0 Å². The van der Waals surface area contributed by atoms with E-state index < -0.39 is 0 Å². The summed E-state index contributed by atoms with van der Waals surface area (Å²) in [5, 5.41) is 0. The molecule has 0 unspecified atom stereocenters. The summed E-state index contributed by atoms with van der Waals surface area (Å²) in [5.74, 6) is 0. The molecule has 0 saturated heterocycles. The third-order valence-electron chi connectivity index (χ3n) is 2.52. The van der Waals surface area contributed by atoms with Gasteiger partial charge in [-0.05, 0) is 38.4 Å². The highest BCUT2D eigenvalue weighted by Gasteiger charge is 1.99. The predicted molar refractivity (Wildman–Crippen MR) is 73.7 cm³/mol. The van der Waals surface area contributed by atoms with E-state index in [0.29, 0.717) is 4.99 Å². The second-order valence-corrected chi connectivity index (χ2v) is 4.67. The molecule has 0 aliphatic rings. The first-order valence-electron chi connectivity index (χ1n) is 5.69. The van der Waals surface area contributed by atoms with Crippen molar-refractivity contribution in [3.8, 4) is 0 Å². The number of hydrogen-bond donors (Lipinski definition) is 1. The lowest BCUT2D eigenvalue weighted by atomic mass is 10.1. The summed E-state index contributed by atoms with van der Waals surface area (Å²) < 4.78 is 0. The van der Waals surface area contributed by atoms with Crippen molar-refractivity contribution >= 4 is 17.2 Å². The average Bonchev–Trinajstić information content (AvgIpc) is 2.25. The van der Waals surface area contributed by atoms with Gasteiger partial charge in [-0.25, -0.2) is 0 Å². The number of nitrogens with two attached hydrogens (primary N) is 1. The van der Waals surface area contributed by atoms with Gasteiger partial charge in [0.15, 0.2) is 0 Å². The molecule has 0 heterocycles. The summed E-state index contributed by atoms with van der Waals surface area (Å²) in [6.07, 6.45) is 3.56. The van der Waals surface area contributed by atoms with Crippen LogP contribution in [0.5, 0.6) is 0 Å². The number of rotatable bonds is 7. The molecule has 16 heavy (non-hydrogen) atoms. The quantitative estimate of drug-likeness (QED) is 0.581. The Hall–Kier alpha value is -0.930. The number of hydrogen-bond acceptors (Lipinski definition) is 2. The van der Waals surface area contributed by atoms with Crippen LogP contribution >= 0.6 is 12.2 Å². The van der Waals surface area contributed by atoms with Gasteiger partial charge >= 0.3 is 0 Å². The largest absolute Gasteiger partial charge is 0.392 e. The molecule has 2 nitrogen and oxygen atoms in total. The summed E-state index contributed by atoms with van der Waals surface area (Å²) in [5.41, 5.74) is 6.89. The maximum Gasteiger partial charge on any atom is 0.0869 e. The van der Waals surface area contributed by atoms with Gasteiger partial charge in [0.1, 0.15) is 0 Å². The fourth-order valence-corrected chi connectivity index (χ4v) is 1.92. The van der Waals surface area contributed by atoms with Crippen LogP contribution in [0.25, 0.3) is 0 Å². The highest BCUT2D eigenvalue weighted by molar-refractivity contribution is 7.80. The van der Waals surface area contributed by atoms with Gasteiger partial charge in [-0.15, -0.1) is 0 Å². The normalized spacial score (nSPS) is 10.6. The van der Waals surface area contributed by atoms with Crippen LogP contribution in [-0.2, 0) is 6.42 Å². The van der Waals surface area contributed by atoms with E-state index in [9.17, 15) is 0 Å². The Kier molecular flexibility index (Phi) is 6.04. The maximum absolute atomic E-state index is 5.48. The van der Waals surface area contributed by atoms with E-state index in [2.05, 4.69) is 42.3 Å². The van der Waals surface area contributed by atoms with Crippen LogP contribution < -0.4 is 5.73 Å². The molecular weight excluding hydrogens is 216 g/mol. The Morgan fingerprint density at radius 2 is 1.94 bits per heavy atom. The van der Waals surface area contributed by atoms with Gasteiger partial charge in [0, 0.05) is 6.54 Å². The lowest BCUT2D eigenvalue weighted by Crippen LogP contribution is -2.30. The van der Waals surface area contributed by atoms with Crippen molar-refractivity contribution in [2.45, 2.75) is 19.3 Å². The van der Waals surface area contributed by atoms with Crippen molar-refractivity contribution in [2.24, 2.45) is 5.73 Å². The third-order valence-corrected chi connectivity index (χ3v) is 2.65. The van der Waals surface area contributed by atoms with Gasteiger partial charge in [-0.1, -0.05) is 42.5 Å². The molecule has 1 aromatic rings. The van der Waals surface area contributed by atoms with E-state index in [0.717, 1.165) is 19.5 Å². The second kappa shape index (κ2) is 7.36. The Balaban J connectivity index is 2.10. The van der Waals surface area contributed by atoms with Crippen LogP contribution in [-0.4, -0.2) is 30.0 Å². The van der Waals surface area contributed by atoms with Crippen molar-refractivity contribution in [1.82, 2.24) is 4.90 Å². The number of thiocarbonyl (C=S) groups is 1. The van der Waals surface area contributed by atoms with Crippen LogP contribution in [0.4, 0.5) is 0 Å². The van der Waals surface area contributed by atoms with Crippen molar-refractivity contribution in [1.29, 1.82) is 0 Å². The molecule has 0 aliphatic carbocycles. The number of unbranched alkanes of at least 4 members (excludes halogenated alkanes) is 1. The highest BCUT2D eigenvalue weighted by Crippen LogP contribution is 2.04. The molecule has 0 saturated carbocycles. The SMILES string of the molecule is CN(CCCCc1ccccc1)CC(N)=S. The first-order valence-corrected chi connectivity index (χ1v) is 6.10. The van der Waals surface area contributed by atoms with Gasteiger partial charge in [-0.3, -0.25) is 4.90 Å². The van der Waals surface area contributed by atoms with E-state index >= 15 is 0 Å².